The molecule has 0 saturated carbocycles. The van der Waals surface area contributed by atoms with Crippen LogP contribution in [0.25, 0.3) is 22.4 Å². The van der Waals surface area contributed by atoms with E-state index in [2.05, 4.69) is 9.97 Å². The van der Waals surface area contributed by atoms with Crippen molar-refractivity contribution in [1.29, 1.82) is 0 Å². The SMILES string of the molecule is COc1cc2nc(-c3ccc(C)cc3Cl)[nH]c2cc1OC. The maximum absolute atomic E-state index is 6.30. The molecule has 0 aliphatic carbocycles. The van der Waals surface area contributed by atoms with E-state index in [0.717, 1.165) is 28.0 Å². The van der Waals surface area contributed by atoms with Crippen molar-refractivity contribution in [2.45, 2.75) is 6.92 Å². The van der Waals surface area contributed by atoms with E-state index in [-0.39, 0.29) is 0 Å². The molecule has 1 N–H and O–H groups in total. The molecule has 21 heavy (non-hydrogen) atoms. The Hall–Kier alpha value is -2.20. The van der Waals surface area contributed by atoms with E-state index in [1.807, 2.05) is 37.3 Å². The fraction of sp³-hybridized carbons (Fsp3) is 0.188. The van der Waals surface area contributed by atoms with E-state index in [1.165, 1.54) is 0 Å². The molecule has 0 saturated heterocycles. The van der Waals surface area contributed by atoms with Crippen LogP contribution in [0.2, 0.25) is 5.02 Å². The summed E-state index contributed by atoms with van der Waals surface area (Å²) in [5.74, 6) is 2.04. The van der Waals surface area contributed by atoms with Crippen LogP contribution in [0, 0.1) is 6.92 Å². The number of hydrogen-bond donors (Lipinski definition) is 1. The summed E-state index contributed by atoms with van der Waals surface area (Å²) < 4.78 is 10.6. The summed E-state index contributed by atoms with van der Waals surface area (Å²) >= 11 is 6.30. The van der Waals surface area contributed by atoms with Crippen molar-refractivity contribution in [1.82, 2.24) is 9.97 Å². The van der Waals surface area contributed by atoms with Crippen molar-refractivity contribution in [3.05, 3.63) is 40.9 Å². The normalized spacial score (nSPS) is 10.9. The summed E-state index contributed by atoms with van der Waals surface area (Å²) in [6.45, 7) is 2.00. The van der Waals surface area contributed by atoms with Crippen molar-refractivity contribution in [2.75, 3.05) is 14.2 Å². The van der Waals surface area contributed by atoms with E-state index in [0.29, 0.717) is 16.5 Å². The number of aryl methyl sites for hydroxylation is 1. The van der Waals surface area contributed by atoms with Crippen LogP contribution >= 0.6 is 11.6 Å². The first-order valence-electron chi connectivity index (χ1n) is 6.50. The van der Waals surface area contributed by atoms with Crippen LogP contribution in [-0.2, 0) is 0 Å². The first-order chi connectivity index (χ1) is 10.1. The number of H-pyrrole nitrogens is 1. The number of imidazole rings is 1. The Morgan fingerprint density at radius 3 is 2.43 bits per heavy atom. The molecule has 1 heterocycles. The predicted octanol–water partition coefficient (Wildman–Crippen LogP) is 4.21. The molecule has 0 aliphatic heterocycles. The molecule has 3 aromatic rings. The van der Waals surface area contributed by atoms with Gasteiger partial charge in [0.1, 0.15) is 5.82 Å². The highest BCUT2D eigenvalue weighted by molar-refractivity contribution is 6.33. The smallest absolute Gasteiger partial charge is 0.163 e. The minimum absolute atomic E-state index is 0.651. The van der Waals surface area contributed by atoms with Crippen LogP contribution in [0.3, 0.4) is 0 Å². The van der Waals surface area contributed by atoms with E-state index >= 15 is 0 Å². The van der Waals surface area contributed by atoms with Gasteiger partial charge in [-0.1, -0.05) is 17.7 Å². The molecule has 0 atom stereocenters. The molecule has 0 fully saturated rings. The average Bonchev–Trinajstić information content (AvgIpc) is 2.87. The zero-order valence-electron chi connectivity index (χ0n) is 12.0. The number of rotatable bonds is 3. The predicted molar refractivity (Wildman–Crippen MR) is 84.4 cm³/mol. The van der Waals surface area contributed by atoms with Gasteiger partial charge in [0.2, 0.25) is 0 Å². The molecule has 3 rings (SSSR count). The number of nitrogens with zero attached hydrogens (tertiary/aromatic N) is 1. The molecule has 1 aromatic heterocycles. The lowest BCUT2D eigenvalue weighted by atomic mass is 10.1. The van der Waals surface area contributed by atoms with Crippen LogP contribution < -0.4 is 9.47 Å². The minimum Gasteiger partial charge on any atom is -0.493 e. The van der Waals surface area contributed by atoms with Crippen LogP contribution in [0.4, 0.5) is 0 Å². The van der Waals surface area contributed by atoms with Crippen LogP contribution in [-0.4, -0.2) is 24.2 Å². The average molecular weight is 303 g/mol. The van der Waals surface area contributed by atoms with Gasteiger partial charge in [-0.2, -0.15) is 0 Å². The Balaban J connectivity index is 2.16. The van der Waals surface area contributed by atoms with Gasteiger partial charge in [0.15, 0.2) is 11.5 Å². The first-order valence-corrected chi connectivity index (χ1v) is 6.88. The number of methoxy groups -OCH3 is 2. The zero-order valence-corrected chi connectivity index (χ0v) is 12.8. The fourth-order valence-corrected chi connectivity index (χ4v) is 2.60. The quantitative estimate of drug-likeness (QED) is 0.788. The highest BCUT2D eigenvalue weighted by Gasteiger charge is 2.12. The molecule has 0 radical (unpaired) electrons. The van der Waals surface area contributed by atoms with Crippen LogP contribution in [0.5, 0.6) is 11.5 Å². The number of hydrogen-bond acceptors (Lipinski definition) is 3. The third-order valence-corrected chi connectivity index (χ3v) is 3.68. The van der Waals surface area contributed by atoms with Crippen molar-refractivity contribution >= 4 is 22.6 Å². The number of halogens is 1. The second-order valence-electron chi connectivity index (χ2n) is 4.79. The maximum Gasteiger partial charge on any atom is 0.163 e. The van der Waals surface area contributed by atoms with Gasteiger partial charge in [-0.05, 0) is 24.6 Å². The molecule has 0 amide bonds. The molecule has 0 bridgehead atoms. The Morgan fingerprint density at radius 2 is 1.76 bits per heavy atom. The molecule has 108 valence electrons. The molecule has 0 spiro atoms. The Kier molecular flexibility index (Phi) is 3.47. The van der Waals surface area contributed by atoms with Gasteiger partial charge < -0.3 is 14.5 Å². The lowest BCUT2D eigenvalue weighted by Crippen LogP contribution is -1.89. The number of fused-ring (bicyclic) bond motifs is 1. The van der Waals surface area contributed by atoms with Crippen molar-refractivity contribution in [3.63, 3.8) is 0 Å². The highest BCUT2D eigenvalue weighted by Crippen LogP contribution is 2.34. The van der Waals surface area contributed by atoms with Gasteiger partial charge in [0, 0.05) is 17.7 Å². The summed E-state index contributed by atoms with van der Waals surface area (Å²) in [5, 5.41) is 0.674. The number of nitrogens with one attached hydrogen (secondary N) is 1. The molecule has 2 aromatic carbocycles. The molecule has 5 heteroatoms. The summed E-state index contributed by atoms with van der Waals surface area (Å²) in [7, 11) is 3.21. The molecule has 0 unspecified atom stereocenters. The summed E-state index contributed by atoms with van der Waals surface area (Å²) in [6, 6.07) is 9.60. The topological polar surface area (TPSA) is 47.1 Å². The van der Waals surface area contributed by atoms with Gasteiger partial charge in [-0.15, -0.1) is 0 Å². The van der Waals surface area contributed by atoms with E-state index in [9.17, 15) is 0 Å². The van der Waals surface area contributed by atoms with Gasteiger partial charge in [-0.25, -0.2) is 4.98 Å². The monoisotopic (exact) mass is 302 g/mol. The zero-order chi connectivity index (χ0) is 15.0. The lowest BCUT2D eigenvalue weighted by molar-refractivity contribution is 0.356. The molecule has 4 nitrogen and oxygen atoms in total. The Bertz CT molecular complexity index is 770. The third kappa shape index (κ3) is 2.43. The van der Waals surface area contributed by atoms with Crippen molar-refractivity contribution < 1.29 is 9.47 Å². The number of benzene rings is 2. The van der Waals surface area contributed by atoms with Crippen molar-refractivity contribution in [2.24, 2.45) is 0 Å². The van der Waals surface area contributed by atoms with Gasteiger partial charge in [-0.3, -0.25) is 0 Å². The third-order valence-electron chi connectivity index (χ3n) is 3.37. The minimum atomic E-state index is 0.651. The van der Waals surface area contributed by atoms with Gasteiger partial charge in [0.05, 0.1) is 30.3 Å². The highest BCUT2D eigenvalue weighted by atomic mass is 35.5. The van der Waals surface area contributed by atoms with Gasteiger partial charge in [0.25, 0.3) is 0 Å². The van der Waals surface area contributed by atoms with E-state index in [1.54, 1.807) is 14.2 Å². The maximum atomic E-state index is 6.30. The Morgan fingerprint density at radius 1 is 1.05 bits per heavy atom. The van der Waals surface area contributed by atoms with Crippen LogP contribution in [0.1, 0.15) is 5.56 Å². The fourth-order valence-electron chi connectivity index (χ4n) is 2.28. The van der Waals surface area contributed by atoms with Crippen LogP contribution in [0.15, 0.2) is 30.3 Å². The standard InChI is InChI=1S/C16H15ClN2O2/c1-9-4-5-10(11(17)6-9)16-18-12-7-14(20-2)15(21-3)8-13(12)19-16/h4-8H,1-3H3,(H,18,19). The lowest BCUT2D eigenvalue weighted by Gasteiger charge is -2.06. The van der Waals surface area contributed by atoms with E-state index in [4.69, 9.17) is 21.1 Å². The second-order valence-corrected chi connectivity index (χ2v) is 5.20. The first kappa shape index (κ1) is 13.8. The summed E-state index contributed by atoms with van der Waals surface area (Å²) in [4.78, 5) is 7.85. The van der Waals surface area contributed by atoms with E-state index < -0.39 is 0 Å². The molecular formula is C16H15ClN2O2. The summed E-state index contributed by atoms with van der Waals surface area (Å²) in [5.41, 5.74) is 3.66. The number of aromatic nitrogens is 2. The van der Waals surface area contributed by atoms with Gasteiger partial charge >= 0.3 is 0 Å². The largest absolute Gasteiger partial charge is 0.493 e. The second kappa shape index (κ2) is 5.30. The van der Waals surface area contributed by atoms with Crippen molar-refractivity contribution in [3.8, 4) is 22.9 Å². The number of ether oxygens (including phenoxy) is 2. The molecule has 0 aliphatic rings. The summed E-state index contributed by atoms with van der Waals surface area (Å²) in [6.07, 6.45) is 0. The molecular weight excluding hydrogens is 288 g/mol. The number of aromatic amines is 1. The Labute approximate surface area is 127 Å².